The summed E-state index contributed by atoms with van der Waals surface area (Å²) < 4.78 is 28.2. The maximum Gasteiger partial charge on any atom is 0.253 e. The topological polar surface area (TPSA) is 63.7 Å². The molecule has 0 N–H and O–H groups in total. The molecule has 1 rings (SSSR count). The van der Waals surface area contributed by atoms with Gasteiger partial charge in [-0.25, -0.2) is 8.42 Å². The van der Waals surface area contributed by atoms with E-state index >= 15 is 0 Å². The standard InChI is InChI=1S/C15H23NO4S/c1-12(2)11-16(8-9-20-3)15(17)13-6-5-7-14(10-13)21(4,18)19/h5-7,10,12H,8-9,11H2,1-4H3. The third kappa shape index (κ3) is 5.47. The van der Waals surface area contributed by atoms with Gasteiger partial charge in [0.05, 0.1) is 11.5 Å². The smallest absolute Gasteiger partial charge is 0.253 e. The Labute approximate surface area is 126 Å². The summed E-state index contributed by atoms with van der Waals surface area (Å²) in [6.45, 7) is 5.59. The van der Waals surface area contributed by atoms with Crippen LogP contribution in [0.3, 0.4) is 0 Å². The predicted octanol–water partition coefficient (Wildman–Crippen LogP) is 1.83. The van der Waals surface area contributed by atoms with Crippen molar-refractivity contribution in [2.24, 2.45) is 5.92 Å². The number of methoxy groups -OCH3 is 1. The summed E-state index contributed by atoms with van der Waals surface area (Å²) in [4.78, 5) is 14.4. The highest BCUT2D eigenvalue weighted by molar-refractivity contribution is 7.90. The van der Waals surface area contributed by atoms with E-state index in [0.29, 0.717) is 31.2 Å². The van der Waals surface area contributed by atoms with Gasteiger partial charge in [-0.2, -0.15) is 0 Å². The molecule has 0 spiro atoms. The van der Waals surface area contributed by atoms with Crippen molar-refractivity contribution >= 4 is 15.7 Å². The van der Waals surface area contributed by atoms with E-state index in [9.17, 15) is 13.2 Å². The van der Waals surface area contributed by atoms with Gasteiger partial charge in [0.15, 0.2) is 9.84 Å². The first kappa shape index (κ1) is 17.7. The van der Waals surface area contributed by atoms with Gasteiger partial charge in [-0.15, -0.1) is 0 Å². The molecule has 0 bridgehead atoms. The molecule has 0 radical (unpaired) electrons. The van der Waals surface area contributed by atoms with E-state index < -0.39 is 9.84 Å². The van der Waals surface area contributed by atoms with Gasteiger partial charge in [0.2, 0.25) is 0 Å². The summed E-state index contributed by atoms with van der Waals surface area (Å²) in [6, 6.07) is 6.15. The van der Waals surface area contributed by atoms with Crippen molar-refractivity contribution in [3.63, 3.8) is 0 Å². The lowest BCUT2D eigenvalue weighted by molar-refractivity contribution is 0.0672. The highest BCUT2D eigenvalue weighted by Gasteiger charge is 2.18. The maximum absolute atomic E-state index is 12.5. The number of benzene rings is 1. The lowest BCUT2D eigenvalue weighted by Crippen LogP contribution is -2.36. The summed E-state index contributed by atoms with van der Waals surface area (Å²) in [5, 5.41) is 0. The number of carbonyl (C=O) groups is 1. The van der Waals surface area contributed by atoms with Crippen LogP contribution in [0.2, 0.25) is 0 Å². The molecular formula is C15H23NO4S. The van der Waals surface area contributed by atoms with Crippen LogP contribution in [-0.4, -0.2) is 52.3 Å². The summed E-state index contributed by atoms with van der Waals surface area (Å²) in [5.41, 5.74) is 0.384. The average molecular weight is 313 g/mol. The molecule has 1 aromatic rings. The largest absolute Gasteiger partial charge is 0.383 e. The minimum atomic E-state index is -3.32. The molecule has 0 unspecified atom stereocenters. The van der Waals surface area contributed by atoms with Crippen LogP contribution >= 0.6 is 0 Å². The third-order valence-corrected chi connectivity index (χ3v) is 4.06. The van der Waals surface area contributed by atoms with Crippen molar-refractivity contribution in [1.29, 1.82) is 0 Å². The van der Waals surface area contributed by atoms with E-state index in [1.54, 1.807) is 24.1 Å². The van der Waals surface area contributed by atoms with Gasteiger partial charge in [0.1, 0.15) is 0 Å². The fourth-order valence-electron chi connectivity index (χ4n) is 1.96. The molecule has 0 saturated heterocycles. The van der Waals surface area contributed by atoms with Crippen LogP contribution in [0, 0.1) is 5.92 Å². The quantitative estimate of drug-likeness (QED) is 0.770. The first-order valence-corrected chi connectivity index (χ1v) is 8.73. The fraction of sp³-hybridized carbons (Fsp3) is 0.533. The minimum absolute atomic E-state index is 0.157. The first-order valence-electron chi connectivity index (χ1n) is 6.84. The van der Waals surface area contributed by atoms with E-state index in [1.165, 1.54) is 12.1 Å². The molecule has 0 saturated carbocycles. The summed E-state index contributed by atoms with van der Waals surface area (Å²) >= 11 is 0. The fourth-order valence-corrected chi connectivity index (χ4v) is 2.63. The molecule has 118 valence electrons. The molecule has 6 heteroatoms. The zero-order chi connectivity index (χ0) is 16.0. The van der Waals surface area contributed by atoms with E-state index in [-0.39, 0.29) is 10.8 Å². The molecule has 5 nitrogen and oxygen atoms in total. The lowest BCUT2D eigenvalue weighted by Gasteiger charge is -2.24. The van der Waals surface area contributed by atoms with E-state index in [4.69, 9.17) is 4.74 Å². The molecule has 0 aliphatic carbocycles. The number of rotatable bonds is 7. The van der Waals surface area contributed by atoms with Gasteiger partial charge in [0.25, 0.3) is 5.91 Å². The SMILES string of the molecule is COCCN(CC(C)C)C(=O)c1cccc(S(C)(=O)=O)c1. The molecule has 0 aromatic heterocycles. The van der Waals surface area contributed by atoms with Crippen molar-refractivity contribution in [1.82, 2.24) is 4.90 Å². The number of amides is 1. The molecule has 0 aliphatic rings. The first-order chi connectivity index (χ1) is 9.75. The van der Waals surface area contributed by atoms with Gasteiger partial charge in [0, 0.05) is 32.0 Å². The average Bonchev–Trinajstić information content (AvgIpc) is 2.41. The summed E-state index contributed by atoms with van der Waals surface area (Å²) in [6.07, 6.45) is 1.13. The van der Waals surface area contributed by atoms with Crippen LogP contribution < -0.4 is 0 Å². The van der Waals surface area contributed by atoms with Crippen LogP contribution in [-0.2, 0) is 14.6 Å². The number of nitrogens with zero attached hydrogens (tertiary/aromatic N) is 1. The summed E-state index contributed by atoms with van der Waals surface area (Å²) in [7, 11) is -1.73. The second kappa shape index (κ2) is 7.56. The zero-order valence-electron chi connectivity index (χ0n) is 13.0. The van der Waals surface area contributed by atoms with Crippen LogP contribution in [0.15, 0.2) is 29.2 Å². The lowest BCUT2D eigenvalue weighted by atomic mass is 10.1. The van der Waals surface area contributed by atoms with Gasteiger partial charge in [-0.05, 0) is 24.1 Å². The second-order valence-corrected chi connectivity index (χ2v) is 7.45. The predicted molar refractivity (Wildman–Crippen MR) is 82.2 cm³/mol. The van der Waals surface area contributed by atoms with E-state index in [1.807, 2.05) is 13.8 Å². The molecule has 0 atom stereocenters. The number of carbonyl (C=O) groups excluding carboxylic acids is 1. The Morgan fingerprint density at radius 3 is 2.52 bits per heavy atom. The van der Waals surface area contributed by atoms with Crippen molar-refractivity contribution < 1.29 is 17.9 Å². The van der Waals surface area contributed by atoms with Crippen molar-refractivity contribution in [3.8, 4) is 0 Å². The Balaban J connectivity index is 3.02. The number of ether oxygens (including phenoxy) is 1. The number of hydrogen-bond donors (Lipinski definition) is 0. The molecule has 0 fully saturated rings. The van der Waals surface area contributed by atoms with Gasteiger partial charge >= 0.3 is 0 Å². The van der Waals surface area contributed by atoms with E-state index in [0.717, 1.165) is 6.26 Å². The number of hydrogen-bond acceptors (Lipinski definition) is 4. The number of sulfone groups is 1. The second-order valence-electron chi connectivity index (χ2n) is 5.44. The minimum Gasteiger partial charge on any atom is -0.383 e. The van der Waals surface area contributed by atoms with Gasteiger partial charge < -0.3 is 9.64 Å². The molecule has 0 aliphatic heterocycles. The molecular weight excluding hydrogens is 290 g/mol. The molecule has 21 heavy (non-hydrogen) atoms. The maximum atomic E-state index is 12.5. The Kier molecular flexibility index (Phi) is 6.36. The molecule has 1 aromatic carbocycles. The highest BCUT2D eigenvalue weighted by atomic mass is 32.2. The molecule has 0 heterocycles. The molecule has 1 amide bonds. The highest BCUT2D eigenvalue weighted by Crippen LogP contribution is 2.14. The van der Waals surface area contributed by atoms with Gasteiger partial charge in [-0.3, -0.25) is 4.79 Å². The van der Waals surface area contributed by atoms with Crippen LogP contribution in [0.1, 0.15) is 24.2 Å². The Morgan fingerprint density at radius 1 is 1.33 bits per heavy atom. The Hall–Kier alpha value is -1.40. The van der Waals surface area contributed by atoms with Gasteiger partial charge in [-0.1, -0.05) is 19.9 Å². The summed E-state index contributed by atoms with van der Waals surface area (Å²) in [5.74, 6) is 0.148. The van der Waals surface area contributed by atoms with E-state index in [2.05, 4.69) is 0 Å². The normalized spacial score (nSPS) is 11.7. The zero-order valence-corrected chi connectivity index (χ0v) is 13.8. The Bertz CT molecular complexity index is 581. The van der Waals surface area contributed by atoms with Crippen LogP contribution in [0.25, 0.3) is 0 Å². The third-order valence-electron chi connectivity index (χ3n) is 2.95. The van der Waals surface area contributed by atoms with Crippen molar-refractivity contribution in [3.05, 3.63) is 29.8 Å². The van der Waals surface area contributed by atoms with Crippen LogP contribution in [0.4, 0.5) is 0 Å². The Morgan fingerprint density at radius 2 is 2.00 bits per heavy atom. The monoisotopic (exact) mass is 313 g/mol. The van der Waals surface area contributed by atoms with Crippen molar-refractivity contribution in [2.75, 3.05) is 33.1 Å². The van der Waals surface area contributed by atoms with Crippen molar-refractivity contribution in [2.45, 2.75) is 18.7 Å². The van der Waals surface area contributed by atoms with Crippen LogP contribution in [0.5, 0.6) is 0 Å².